The summed E-state index contributed by atoms with van der Waals surface area (Å²) in [5.41, 5.74) is 0.822. The summed E-state index contributed by atoms with van der Waals surface area (Å²) in [5, 5.41) is 12.3. The third kappa shape index (κ3) is 4.57. The predicted octanol–water partition coefficient (Wildman–Crippen LogP) is 5.25. The molecule has 0 amide bonds. The van der Waals surface area contributed by atoms with Crippen LogP contribution in [0.4, 0.5) is 0 Å². The Bertz CT molecular complexity index is 377. The zero-order chi connectivity index (χ0) is 12.9. The van der Waals surface area contributed by atoms with E-state index >= 15 is 0 Å². The second-order valence-corrected chi connectivity index (χ2v) is 6.31. The van der Waals surface area contributed by atoms with E-state index in [1.54, 1.807) is 11.3 Å². The van der Waals surface area contributed by atoms with Crippen molar-refractivity contribution in [2.45, 2.75) is 52.1 Å². The van der Waals surface area contributed by atoms with Gasteiger partial charge in [-0.15, -0.1) is 11.3 Å². The first-order valence-corrected chi connectivity index (χ1v) is 7.81. The molecule has 0 saturated carbocycles. The number of hydrogen-bond acceptors (Lipinski definition) is 2. The van der Waals surface area contributed by atoms with Crippen molar-refractivity contribution in [2.75, 3.05) is 0 Å². The molecule has 1 rings (SSSR count). The molecule has 96 valence electrons. The standard InChI is InChI=1S/C14H21BrOS/c1-4-14(16,5-2)8-6-7-11(3)13-9-12(15)10-17-13/h7,9-10,16H,4-6,8H2,1-3H3/b11-7+. The van der Waals surface area contributed by atoms with E-state index in [1.807, 2.05) is 0 Å². The summed E-state index contributed by atoms with van der Waals surface area (Å²) in [6.07, 6.45) is 5.69. The molecule has 0 saturated heterocycles. The van der Waals surface area contributed by atoms with Crippen LogP contribution in [0.1, 0.15) is 51.3 Å². The lowest BCUT2D eigenvalue weighted by Crippen LogP contribution is -2.25. The number of halogens is 1. The SMILES string of the molecule is CCC(O)(CC)CC/C=C(\C)c1cc(Br)cs1. The molecule has 0 radical (unpaired) electrons. The molecule has 0 atom stereocenters. The summed E-state index contributed by atoms with van der Waals surface area (Å²) < 4.78 is 1.14. The highest BCUT2D eigenvalue weighted by Gasteiger charge is 2.20. The maximum Gasteiger partial charge on any atom is 0.0645 e. The maximum absolute atomic E-state index is 10.2. The summed E-state index contributed by atoms with van der Waals surface area (Å²) in [6.45, 7) is 6.24. The number of rotatable bonds is 6. The van der Waals surface area contributed by atoms with Crippen molar-refractivity contribution < 1.29 is 5.11 Å². The molecule has 1 aromatic rings. The van der Waals surface area contributed by atoms with Crippen LogP contribution >= 0.6 is 27.3 Å². The molecule has 1 N–H and O–H groups in total. The molecule has 0 bridgehead atoms. The van der Waals surface area contributed by atoms with Crippen LogP contribution in [0.3, 0.4) is 0 Å². The molecule has 0 spiro atoms. The van der Waals surface area contributed by atoms with Crippen LogP contribution < -0.4 is 0 Å². The lowest BCUT2D eigenvalue weighted by Gasteiger charge is -2.24. The zero-order valence-corrected chi connectivity index (χ0v) is 13.2. The molecule has 17 heavy (non-hydrogen) atoms. The van der Waals surface area contributed by atoms with Crippen LogP contribution in [0.5, 0.6) is 0 Å². The summed E-state index contributed by atoms with van der Waals surface area (Å²) in [4.78, 5) is 1.30. The molecule has 3 heteroatoms. The average molecular weight is 317 g/mol. The van der Waals surface area contributed by atoms with Crippen molar-refractivity contribution in [1.82, 2.24) is 0 Å². The van der Waals surface area contributed by atoms with Crippen molar-refractivity contribution in [3.05, 3.63) is 26.9 Å². The fraction of sp³-hybridized carbons (Fsp3) is 0.571. The Balaban J connectivity index is 2.54. The Labute approximate surface area is 117 Å². The first-order valence-electron chi connectivity index (χ1n) is 6.14. The molecule has 1 nitrogen and oxygen atoms in total. The van der Waals surface area contributed by atoms with Gasteiger partial charge in [0.1, 0.15) is 0 Å². The van der Waals surface area contributed by atoms with Gasteiger partial charge in [0.05, 0.1) is 5.60 Å². The van der Waals surface area contributed by atoms with Crippen LogP contribution in [0.15, 0.2) is 22.0 Å². The highest BCUT2D eigenvalue weighted by atomic mass is 79.9. The molecule has 0 aliphatic rings. The van der Waals surface area contributed by atoms with E-state index in [0.717, 1.165) is 30.2 Å². The van der Waals surface area contributed by atoms with E-state index < -0.39 is 5.60 Å². The van der Waals surface area contributed by atoms with Gasteiger partial charge in [-0.25, -0.2) is 0 Å². The Kier molecular flexibility index (Phi) is 5.90. The Morgan fingerprint density at radius 3 is 2.59 bits per heavy atom. The molecule has 0 aromatic carbocycles. The van der Waals surface area contributed by atoms with Crippen LogP contribution in [-0.4, -0.2) is 10.7 Å². The molecule has 0 aliphatic carbocycles. The fourth-order valence-electron chi connectivity index (χ4n) is 1.78. The smallest absolute Gasteiger partial charge is 0.0645 e. The molecule has 0 unspecified atom stereocenters. The third-order valence-electron chi connectivity index (χ3n) is 3.33. The molecule has 1 heterocycles. The highest BCUT2D eigenvalue weighted by molar-refractivity contribution is 9.10. The summed E-state index contributed by atoms with van der Waals surface area (Å²) in [7, 11) is 0. The van der Waals surface area contributed by atoms with Crippen molar-refractivity contribution in [3.8, 4) is 0 Å². The first-order chi connectivity index (χ1) is 8.00. The molecular weight excluding hydrogens is 296 g/mol. The second-order valence-electron chi connectivity index (χ2n) is 4.49. The van der Waals surface area contributed by atoms with Crippen LogP contribution in [-0.2, 0) is 0 Å². The Hall–Kier alpha value is -0.120. The van der Waals surface area contributed by atoms with E-state index in [4.69, 9.17) is 0 Å². The van der Waals surface area contributed by atoms with Crippen molar-refractivity contribution in [2.24, 2.45) is 0 Å². The minimum Gasteiger partial charge on any atom is -0.390 e. The number of hydrogen-bond donors (Lipinski definition) is 1. The maximum atomic E-state index is 10.2. The number of allylic oxidation sites excluding steroid dienone is 2. The van der Waals surface area contributed by atoms with Crippen LogP contribution in [0.2, 0.25) is 0 Å². The molecule has 1 aromatic heterocycles. The molecule has 0 fully saturated rings. The topological polar surface area (TPSA) is 20.2 Å². The summed E-state index contributed by atoms with van der Waals surface area (Å²) in [5.74, 6) is 0. The minimum absolute atomic E-state index is 0.479. The van der Waals surface area contributed by atoms with Crippen LogP contribution in [0, 0.1) is 0 Å². The quantitative estimate of drug-likeness (QED) is 0.760. The van der Waals surface area contributed by atoms with Gasteiger partial charge in [0.2, 0.25) is 0 Å². The highest BCUT2D eigenvalue weighted by Crippen LogP contribution is 2.27. The van der Waals surface area contributed by atoms with Gasteiger partial charge in [0.15, 0.2) is 0 Å². The lowest BCUT2D eigenvalue weighted by atomic mass is 9.91. The van der Waals surface area contributed by atoms with Gasteiger partial charge in [0, 0.05) is 14.7 Å². The van der Waals surface area contributed by atoms with Crippen molar-refractivity contribution >= 4 is 32.8 Å². The van der Waals surface area contributed by atoms with E-state index in [-0.39, 0.29) is 0 Å². The normalized spacial score (nSPS) is 13.1. The van der Waals surface area contributed by atoms with Gasteiger partial charge in [0.25, 0.3) is 0 Å². The van der Waals surface area contributed by atoms with Gasteiger partial charge in [-0.3, -0.25) is 0 Å². The van der Waals surface area contributed by atoms with E-state index in [1.165, 1.54) is 10.5 Å². The Morgan fingerprint density at radius 1 is 1.47 bits per heavy atom. The van der Waals surface area contributed by atoms with E-state index in [0.29, 0.717) is 0 Å². The largest absolute Gasteiger partial charge is 0.390 e. The number of aliphatic hydroxyl groups is 1. The minimum atomic E-state index is -0.479. The zero-order valence-electron chi connectivity index (χ0n) is 10.8. The van der Waals surface area contributed by atoms with E-state index in [2.05, 4.69) is 54.2 Å². The van der Waals surface area contributed by atoms with Crippen LogP contribution in [0.25, 0.3) is 5.57 Å². The van der Waals surface area contributed by atoms with Crippen molar-refractivity contribution in [1.29, 1.82) is 0 Å². The second kappa shape index (κ2) is 6.72. The van der Waals surface area contributed by atoms with Gasteiger partial charge >= 0.3 is 0 Å². The third-order valence-corrected chi connectivity index (χ3v) is 5.16. The van der Waals surface area contributed by atoms with Gasteiger partial charge in [-0.2, -0.15) is 0 Å². The van der Waals surface area contributed by atoms with Crippen molar-refractivity contribution in [3.63, 3.8) is 0 Å². The predicted molar refractivity (Wildman–Crippen MR) is 80.4 cm³/mol. The van der Waals surface area contributed by atoms with Gasteiger partial charge in [-0.1, -0.05) is 19.9 Å². The fourth-order valence-corrected chi connectivity index (χ4v) is 3.21. The summed E-state index contributed by atoms with van der Waals surface area (Å²) >= 11 is 5.22. The van der Waals surface area contributed by atoms with Gasteiger partial charge < -0.3 is 5.11 Å². The monoisotopic (exact) mass is 316 g/mol. The first kappa shape index (κ1) is 14.9. The summed E-state index contributed by atoms with van der Waals surface area (Å²) in [6, 6.07) is 2.14. The molecular formula is C14H21BrOS. The number of thiophene rings is 1. The van der Waals surface area contributed by atoms with E-state index in [9.17, 15) is 5.11 Å². The average Bonchev–Trinajstić information content (AvgIpc) is 2.75. The lowest BCUT2D eigenvalue weighted by molar-refractivity contribution is 0.0246. The van der Waals surface area contributed by atoms with Gasteiger partial charge in [-0.05, 0) is 60.2 Å². The Morgan fingerprint density at radius 2 is 2.12 bits per heavy atom. The molecule has 0 aliphatic heterocycles.